The van der Waals surface area contributed by atoms with E-state index in [0.717, 1.165) is 16.2 Å². The van der Waals surface area contributed by atoms with Crippen LogP contribution in [-0.4, -0.2) is 75.3 Å². The number of carboxylic acid groups (broad SMARTS) is 1. The molecule has 3 heterocycles. The molecule has 1 aromatic rings. The first-order chi connectivity index (χ1) is 15.2. The van der Waals surface area contributed by atoms with E-state index in [0.29, 0.717) is 5.57 Å². The number of nitrogens with one attached hydrogen (secondary N) is 1. The molecule has 1 saturated heterocycles. The second-order valence-electron chi connectivity index (χ2n) is 6.44. The summed E-state index contributed by atoms with van der Waals surface area (Å²) in [6, 6.07) is -0.952. The second-order valence-corrected chi connectivity index (χ2v) is 8.43. The quantitative estimate of drug-likeness (QED) is 0.197. The molecule has 0 radical (unpaired) electrons. The molecule has 4 N–H and O–H groups in total. The molecule has 0 aromatic carbocycles. The first kappa shape index (κ1) is 23.3. The normalized spacial score (nSPS) is 20.6. The van der Waals surface area contributed by atoms with Gasteiger partial charge in [-0.1, -0.05) is 11.2 Å². The number of fused-ring (bicyclic) bond motifs is 1. The third kappa shape index (κ3) is 4.75. The minimum atomic E-state index is -1.28. The van der Waals surface area contributed by atoms with Crippen molar-refractivity contribution in [3.8, 4) is 0 Å². The number of esters is 1. The molecule has 0 spiro atoms. The zero-order valence-corrected chi connectivity index (χ0v) is 18.6. The molecule has 0 bridgehead atoms. The third-order valence-corrected chi connectivity index (χ3v) is 6.33. The van der Waals surface area contributed by atoms with Gasteiger partial charge in [-0.15, -0.1) is 23.1 Å². The summed E-state index contributed by atoms with van der Waals surface area (Å²) >= 11 is 2.40. The highest BCUT2D eigenvalue weighted by Gasteiger charge is 2.54. The average molecular weight is 482 g/mol. The van der Waals surface area contributed by atoms with Crippen LogP contribution in [0.5, 0.6) is 0 Å². The van der Waals surface area contributed by atoms with Gasteiger partial charge in [0, 0.05) is 18.1 Å². The Morgan fingerprint density at radius 2 is 2.22 bits per heavy atom. The number of nitrogens with two attached hydrogens (primary N) is 1. The molecule has 0 aliphatic carbocycles. The van der Waals surface area contributed by atoms with Crippen LogP contribution in [0.1, 0.15) is 12.6 Å². The van der Waals surface area contributed by atoms with Crippen molar-refractivity contribution in [3.05, 3.63) is 34.5 Å². The standard InChI is InChI=1S/C18H19N5O7S2/c1-8(24)30-5-3-4-9-6-31-16-12(15(26)23(16)13(9)17(27)28)21-14(25)11(22-29-2)10-7-32-18(19)20-10/h3-4,7,12,16H,5-6H2,1-2H3,(H2,19,20)(H,21,25)(H,27,28)/b4-3+,22-11-. The van der Waals surface area contributed by atoms with Gasteiger partial charge in [-0.3, -0.25) is 19.3 Å². The minimum Gasteiger partial charge on any atom is -0.477 e. The molecule has 2 unspecified atom stereocenters. The summed E-state index contributed by atoms with van der Waals surface area (Å²) in [5, 5.41) is 17.0. The zero-order valence-electron chi connectivity index (χ0n) is 16.9. The lowest BCUT2D eigenvalue weighted by Crippen LogP contribution is -2.71. The third-order valence-electron chi connectivity index (χ3n) is 4.35. The molecule has 2 aliphatic rings. The van der Waals surface area contributed by atoms with E-state index in [1.165, 1.54) is 43.3 Å². The number of aliphatic carboxylic acids is 1. The summed E-state index contributed by atoms with van der Waals surface area (Å²) in [4.78, 5) is 57.9. The molecule has 2 atom stereocenters. The molecule has 2 amide bonds. The van der Waals surface area contributed by atoms with Crippen LogP contribution in [0.15, 0.2) is 34.0 Å². The lowest BCUT2D eigenvalue weighted by molar-refractivity contribution is -0.150. The predicted octanol–water partition coefficient (Wildman–Crippen LogP) is -0.0663. The number of hydrogen-bond acceptors (Lipinski definition) is 11. The molecule has 3 rings (SSSR count). The highest BCUT2D eigenvalue weighted by Crippen LogP contribution is 2.40. The van der Waals surface area contributed by atoms with Gasteiger partial charge < -0.3 is 25.7 Å². The first-order valence-electron chi connectivity index (χ1n) is 9.09. The number of aromatic nitrogens is 1. The number of thiazole rings is 1. The Kier molecular flexibility index (Phi) is 7.15. The maximum Gasteiger partial charge on any atom is 0.352 e. The second kappa shape index (κ2) is 9.82. The number of thioether (sulfide) groups is 1. The first-order valence-corrected chi connectivity index (χ1v) is 11.0. The zero-order chi connectivity index (χ0) is 23.4. The van der Waals surface area contributed by atoms with E-state index in [4.69, 9.17) is 15.3 Å². The van der Waals surface area contributed by atoms with Gasteiger partial charge in [0.15, 0.2) is 10.8 Å². The van der Waals surface area contributed by atoms with Gasteiger partial charge in [-0.05, 0) is 11.6 Å². The summed E-state index contributed by atoms with van der Waals surface area (Å²) in [5.41, 5.74) is 5.85. The summed E-state index contributed by atoms with van der Waals surface area (Å²) < 4.78 is 4.79. The number of ether oxygens (including phenoxy) is 1. The minimum absolute atomic E-state index is 0.0187. The van der Waals surface area contributed by atoms with Crippen molar-refractivity contribution in [1.82, 2.24) is 15.2 Å². The van der Waals surface area contributed by atoms with Crippen molar-refractivity contribution in [2.75, 3.05) is 25.2 Å². The largest absolute Gasteiger partial charge is 0.477 e. The number of anilines is 1. The number of carbonyl (C=O) groups is 4. The van der Waals surface area contributed by atoms with Crippen LogP contribution in [0, 0.1) is 0 Å². The summed E-state index contributed by atoms with van der Waals surface area (Å²) in [6.07, 6.45) is 3.00. The van der Waals surface area contributed by atoms with Crippen LogP contribution >= 0.6 is 23.1 Å². The molecule has 1 fully saturated rings. The number of oxime groups is 1. The smallest absolute Gasteiger partial charge is 0.352 e. The number of hydrogen-bond donors (Lipinski definition) is 3. The van der Waals surface area contributed by atoms with Crippen molar-refractivity contribution < 1.29 is 33.9 Å². The van der Waals surface area contributed by atoms with Gasteiger partial charge in [0.2, 0.25) is 0 Å². The number of allylic oxidation sites excluding steroid dienone is 1. The van der Waals surface area contributed by atoms with Gasteiger partial charge in [0.25, 0.3) is 11.8 Å². The van der Waals surface area contributed by atoms with Crippen LogP contribution in [0.3, 0.4) is 0 Å². The van der Waals surface area contributed by atoms with E-state index in [1.54, 1.807) is 0 Å². The number of carboxylic acids is 1. The van der Waals surface area contributed by atoms with E-state index < -0.39 is 35.2 Å². The molecule has 170 valence electrons. The van der Waals surface area contributed by atoms with E-state index in [2.05, 4.69) is 15.5 Å². The molecule has 14 heteroatoms. The summed E-state index contributed by atoms with van der Waals surface area (Å²) in [6.45, 7) is 1.24. The summed E-state index contributed by atoms with van der Waals surface area (Å²) in [7, 11) is 1.26. The lowest BCUT2D eigenvalue weighted by atomic mass is 10.0. The SMILES string of the molecule is CO/N=C(\C(=O)NC1C(=O)N2C(C(=O)O)=C(/C=C/COC(C)=O)CSC12)c1csc(N)n1. The topological polar surface area (TPSA) is 174 Å². The van der Waals surface area contributed by atoms with Crippen LogP contribution in [0.25, 0.3) is 0 Å². The Balaban J connectivity index is 1.75. The van der Waals surface area contributed by atoms with Crippen LogP contribution in [0.2, 0.25) is 0 Å². The van der Waals surface area contributed by atoms with Gasteiger partial charge in [-0.2, -0.15) is 0 Å². The fourth-order valence-corrected chi connectivity index (χ4v) is 4.89. The summed E-state index contributed by atoms with van der Waals surface area (Å²) in [5.74, 6) is -2.74. The monoisotopic (exact) mass is 481 g/mol. The molecule has 1 aromatic heterocycles. The molecule has 12 nitrogen and oxygen atoms in total. The molecule has 32 heavy (non-hydrogen) atoms. The number of amides is 2. The van der Waals surface area contributed by atoms with Crippen LogP contribution < -0.4 is 11.1 Å². The van der Waals surface area contributed by atoms with Gasteiger partial charge in [-0.25, -0.2) is 9.78 Å². The maximum atomic E-state index is 12.7. The van der Waals surface area contributed by atoms with Gasteiger partial charge >= 0.3 is 11.9 Å². The van der Waals surface area contributed by atoms with Crippen LogP contribution in [-0.2, 0) is 28.8 Å². The van der Waals surface area contributed by atoms with Gasteiger partial charge in [0.1, 0.15) is 36.5 Å². The molecule has 0 saturated carbocycles. The van der Waals surface area contributed by atoms with Crippen molar-refractivity contribution in [1.29, 1.82) is 0 Å². The highest BCUT2D eigenvalue weighted by atomic mass is 32.2. The Morgan fingerprint density at radius 1 is 1.47 bits per heavy atom. The molecule has 2 aliphatic heterocycles. The van der Waals surface area contributed by atoms with E-state index >= 15 is 0 Å². The van der Waals surface area contributed by atoms with Crippen molar-refractivity contribution in [3.63, 3.8) is 0 Å². The molecular formula is C18H19N5O7S2. The number of nitrogens with zero attached hydrogens (tertiary/aromatic N) is 3. The predicted molar refractivity (Wildman–Crippen MR) is 116 cm³/mol. The average Bonchev–Trinajstić information content (AvgIpc) is 3.17. The Labute approximate surface area is 190 Å². The van der Waals surface area contributed by atoms with Crippen molar-refractivity contribution >= 4 is 57.7 Å². The molecular weight excluding hydrogens is 462 g/mol. The van der Waals surface area contributed by atoms with Crippen LogP contribution in [0.4, 0.5) is 5.13 Å². The fraction of sp³-hybridized carbons (Fsp3) is 0.333. The maximum absolute atomic E-state index is 12.7. The van der Waals surface area contributed by atoms with Crippen molar-refractivity contribution in [2.24, 2.45) is 5.16 Å². The Bertz CT molecular complexity index is 1050. The number of carbonyl (C=O) groups excluding carboxylic acids is 3. The van der Waals surface area contributed by atoms with E-state index in [1.807, 2.05) is 0 Å². The fourth-order valence-electron chi connectivity index (χ4n) is 3.03. The van der Waals surface area contributed by atoms with Gasteiger partial charge in [0.05, 0.1) is 0 Å². The van der Waals surface area contributed by atoms with E-state index in [-0.39, 0.29) is 34.6 Å². The number of β-lactam (4-membered cyclic amide) rings is 1. The Morgan fingerprint density at radius 3 is 2.81 bits per heavy atom. The van der Waals surface area contributed by atoms with Crippen molar-refractivity contribution in [2.45, 2.75) is 18.3 Å². The number of rotatable bonds is 8. The highest BCUT2D eigenvalue weighted by molar-refractivity contribution is 8.00. The van der Waals surface area contributed by atoms with E-state index in [9.17, 15) is 24.3 Å². The Hall–Kier alpha value is -3.39. The lowest BCUT2D eigenvalue weighted by Gasteiger charge is -2.49. The number of nitrogen functional groups attached to an aromatic ring is 1.